The number of hydrogen-bond acceptors (Lipinski definition) is 4. The average molecular weight is 298 g/mol. The van der Waals surface area contributed by atoms with E-state index in [0.717, 1.165) is 17.0 Å². The molecule has 20 heavy (non-hydrogen) atoms. The van der Waals surface area contributed by atoms with Crippen molar-refractivity contribution in [2.45, 2.75) is 11.4 Å². The van der Waals surface area contributed by atoms with Crippen LogP contribution in [0.2, 0.25) is 0 Å². The fourth-order valence-corrected chi connectivity index (χ4v) is 2.53. The van der Waals surface area contributed by atoms with Gasteiger partial charge in [-0.3, -0.25) is 0 Å². The normalized spacial score (nSPS) is 22.4. The van der Waals surface area contributed by atoms with Gasteiger partial charge >= 0.3 is 0 Å². The average Bonchev–Trinajstić information content (AvgIpc) is 2.91. The highest BCUT2D eigenvalue weighted by Gasteiger charge is 2.27. The lowest BCUT2D eigenvalue weighted by Gasteiger charge is -2.32. The molecule has 1 aromatic rings. The van der Waals surface area contributed by atoms with Crippen molar-refractivity contribution in [2.24, 2.45) is 5.73 Å². The van der Waals surface area contributed by atoms with Gasteiger partial charge in [-0.15, -0.1) is 0 Å². The lowest BCUT2D eigenvalue weighted by molar-refractivity contribution is 0.192. The van der Waals surface area contributed by atoms with E-state index in [1.165, 1.54) is 0 Å². The summed E-state index contributed by atoms with van der Waals surface area (Å²) in [7, 11) is 0. The molecule has 1 aromatic heterocycles. The van der Waals surface area contributed by atoms with Crippen LogP contribution >= 0.6 is 11.6 Å². The Morgan fingerprint density at radius 1 is 1.35 bits per heavy atom. The lowest BCUT2D eigenvalue weighted by Crippen LogP contribution is -2.36. The number of alkyl halides is 1. The molecule has 0 aliphatic heterocycles. The number of hydrogen-bond donors (Lipinski definition) is 4. The standard InChI is InChI=1S/C14H20ClN3O2/c15-14(16)4-3-13(18(6-8-19)7-9-20)11(10-14)12-2-1-5-17-12/h1-3,5,10,17,19-20H,4,6-9,16H2. The van der Waals surface area contributed by atoms with Gasteiger partial charge in [0.15, 0.2) is 0 Å². The number of aliphatic hydroxyl groups is 2. The van der Waals surface area contributed by atoms with Gasteiger partial charge in [-0.1, -0.05) is 17.7 Å². The second-order valence-corrected chi connectivity index (χ2v) is 5.50. The van der Waals surface area contributed by atoms with E-state index >= 15 is 0 Å². The molecule has 1 atom stereocenters. The van der Waals surface area contributed by atoms with Crippen LogP contribution in [0, 0.1) is 0 Å². The summed E-state index contributed by atoms with van der Waals surface area (Å²) in [5.74, 6) is 0. The Kier molecular flexibility index (Phi) is 4.88. The number of aromatic amines is 1. The molecule has 110 valence electrons. The molecule has 0 spiro atoms. The number of nitrogens with two attached hydrogens (primary N) is 1. The van der Waals surface area contributed by atoms with Gasteiger partial charge in [0.1, 0.15) is 5.00 Å². The summed E-state index contributed by atoms with van der Waals surface area (Å²) in [5.41, 5.74) is 8.72. The Bertz CT molecular complexity index is 489. The van der Waals surface area contributed by atoms with Gasteiger partial charge in [0.05, 0.1) is 13.2 Å². The molecule has 6 heteroatoms. The molecule has 0 fully saturated rings. The zero-order valence-electron chi connectivity index (χ0n) is 11.2. The lowest BCUT2D eigenvalue weighted by atomic mass is 9.96. The summed E-state index contributed by atoms with van der Waals surface area (Å²) in [6.45, 7) is 0.933. The first-order valence-corrected chi connectivity index (χ1v) is 6.97. The Morgan fingerprint density at radius 3 is 2.60 bits per heavy atom. The van der Waals surface area contributed by atoms with E-state index in [2.05, 4.69) is 4.98 Å². The number of rotatable bonds is 6. The van der Waals surface area contributed by atoms with Crippen molar-refractivity contribution in [3.8, 4) is 0 Å². The van der Waals surface area contributed by atoms with Crippen LogP contribution in [0.1, 0.15) is 12.1 Å². The van der Waals surface area contributed by atoms with Gasteiger partial charge in [-0.25, -0.2) is 0 Å². The fourth-order valence-electron chi connectivity index (χ4n) is 2.34. The van der Waals surface area contributed by atoms with E-state index in [-0.39, 0.29) is 13.2 Å². The van der Waals surface area contributed by atoms with Gasteiger partial charge in [-0.2, -0.15) is 0 Å². The second kappa shape index (κ2) is 6.45. The number of nitrogens with one attached hydrogen (secondary N) is 1. The molecule has 1 aliphatic rings. The van der Waals surface area contributed by atoms with Crippen molar-refractivity contribution in [3.63, 3.8) is 0 Å². The molecular formula is C14H20ClN3O2. The number of nitrogens with zero attached hydrogens (tertiary/aromatic N) is 1. The van der Waals surface area contributed by atoms with Crippen LogP contribution in [0.15, 0.2) is 36.2 Å². The second-order valence-electron chi connectivity index (χ2n) is 4.80. The first-order valence-electron chi connectivity index (χ1n) is 6.59. The van der Waals surface area contributed by atoms with Gasteiger partial charge in [-0.05, 0) is 18.2 Å². The molecule has 0 amide bonds. The number of halogens is 1. The van der Waals surface area contributed by atoms with Crippen LogP contribution in [0.5, 0.6) is 0 Å². The van der Waals surface area contributed by atoms with E-state index in [1.54, 1.807) is 0 Å². The number of aliphatic hydroxyl groups excluding tert-OH is 2. The van der Waals surface area contributed by atoms with Crippen molar-refractivity contribution in [1.29, 1.82) is 0 Å². The van der Waals surface area contributed by atoms with E-state index in [9.17, 15) is 10.2 Å². The van der Waals surface area contributed by atoms with E-state index in [0.29, 0.717) is 19.5 Å². The smallest absolute Gasteiger partial charge is 0.114 e. The predicted molar refractivity (Wildman–Crippen MR) is 80.0 cm³/mol. The SMILES string of the molecule is NC1(Cl)C=C(c2ccc[nH]2)C(N(CCO)CCO)=CC1. The Morgan fingerprint density at radius 2 is 2.05 bits per heavy atom. The minimum atomic E-state index is -0.909. The largest absolute Gasteiger partial charge is 0.395 e. The van der Waals surface area contributed by atoms with Crippen LogP contribution in [0.4, 0.5) is 0 Å². The summed E-state index contributed by atoms with van der Waals surface area (Å²) >= 11 is 6.23. The van der Waals surface area contributed by atoms with E-state index in [1.807, 2.05) is 35.4 Å². The van der Waals surface area contributed by atoms with Crippen molar-refractivity contribution in [1.82, 2.24) is 9.88 Å². The molecule has 1 unspecified atom stereocenters. The highest BCUT2D eigenvalue weighted by molar-refractivity contribution is 6.25. The topological polar surface area (TPSA) is 85.5 Å². The Balaban J connectivity index is 2.35. The number of aromatic nitrogens is 1. The van der Waals surface area contributed by atoms with Crippen LogP contribution in [0.3, 0.4) is 0 Å². The monoisotopic (exact) mass is 297 g/mol. The molecule has 5 N–H and O–H groups in total. The molecular weight excluding hydrogens is 278 g/mol. The third kappa shape index (κ3) is 3.43. The minimum absolute atomic E-state index is 0.0178. The van der Waals surface area contributed by atoms with Crippen molar-refractivity contribution >= 4 is 17.2 Å². The third-order valence-electron chi connectivity index (χ3n) is 3.24. The fraction of sp³-hybridized carbons (Fsp3) is 0.429. The molecule has 0 aromatic carbocycles. The number of allylic oxidation sites excluding steroid dienone is 1. The molecule has 2 rings (SSSR count). The molecule has 0 bridgehead atoms. The van der Waals surface area contributed by atoms with Crippen molar-refractivity contribution in [2.75, 3.05) is 26.3 Å². The minimum Gasteiger partial charge on any atom is -0.395 e. The molecule has 0 saturated carbocycles. The third-order valence-corrected chi connectivity index (χ3v) is 3.50. The summed E-state index contributed by atoms with van der Waals surface area (Å²) < 4.78 is 0. The zero-order valence-corrected chi connectivity index (χ0v) is 12.0. The van der Waals surface area contributed by atoms with Gasteiger partial charge in [0.25, 0.3) is 0 Å². The summed E-state index contributed by atoms with van der Waals surface area (Å²) in [6, 6.07) is 3.84. The molecule has 5 nitrogen and oxygen atoms in total. The predicted octanol–water partition coefficient (Wildman–Crippen LogP) is 0.866. The molecule has 1 aliphatic carbocycles. The van der Waals surface area contributed by atoms with Crippen LogP contribution < -0.4 is 5.73 Å². The maximum Gasteiger partial charge on any atom is 0.114 e. The van der Waals surface area contributed by atoms with Gasteiger partial charge in [0, 0.05) is 42.7 Å². The maximum atomic E-state index is 9.18. The zero-order chi connectivity index (χ0) is 14.6. The van der Waals surface area contributed by atoms with Crippen molar-refractivity contribution in [3.05, 3.63) is 41.9 Å². The van der Waals surface area contributed by atoms with Gasteiger partial charge in [0.2, 0.25) is 0 Å². The first kappa shape index (κ1) is 15.1. The quantitative estimate of drug-likeness (QED) is 0.463. The first-order chi connectivity index (χ1) is 9.57. The summed E-state index contributed by atoms with van der Waals surface area (Å²) in [5, 5.41) is 18.4. The number of H-pyrrole nitrogens is 1. The maximum absolute atomic E-state index is 9.18. The van der Waals surface area contributed by atoms with E-state index < -0.39 is 5.00 Å². The molecule has 0 saturated heterocycles. The van der Waals surface area contributed by atoms with Gasteiger partial charge < -0.3 is 25.8 Å². The summed E-state index contributed by atoms with van der Waals surface area (Å²) in [6.07, 6.45) is 6.10. The van der Waals surface area contributed by atoms with Crippen LogP contribution in [-0.2, 0) is 0 Å². The van der Waals surface area contributed by atoms with E-state index in [4.69, 9.17) is 17.3 Å². The highest BCUT2D eigenvalue weighted by atomic mass is 35.5. The van der Waals surface area contributed by atoms with Crippen LogP contribution in [0.25, 0.3) is 5.57 Å². The van der Waals surface area contributed by atoms with Crippen molar-refractivity contribution < 1.29 is 10.2 Å². The molecule has 1 heterocycles. The Labute approximate surface area is 123 Å². The molecule has 0 radical (unpaired) electrons. The van der Waals surface area contributed by atoms with Crippen LogP contribution in [-0.4, -0.2) is 51.4 Å². The summed E-state index contributed by atoms with van der Waals surface area (Å²) in [4.78, 5) is 4.16. The highest BCUT2D eigenvalue weighted by Crippen LogP contribution is 2.34. The Hall–Kier alpha value is -1.27.